The number of carbonyl (C=O) groups is 2. The smallest absolute Gasteiger partial charge is 0.308 e. The Morgan fingerprint density at radius 2 is 2.11 bits per heavy atom. The molecule has 1 aromatic rings. The van der Waals surface area contributed by atoms with Crippen LogP contribution in [0.4, 0.5) is 5.69 Å². The molecule has 102 valence electrons. The first kappa shape index (κ1) is 13.4. The van der Waals surface area contributed by atoms with Crippen molar-refractivity contribution in [2.45, 2.75) is 32.2 Å². The average molecular weight is 262 g/mol. The Hall–Kier alpha value is -2.04. The summed E-state index contributed by atoms with van der Waals surface area (Å²) in [5, 5.41) is 11.9. The molecule has 2 atom stereocenters. The predicted molar refractivity (Wildman–Crippen MR) is 71.8 cm³/mol. The number of nitrogens with two attached hydrogens (primary N) is 1. The summed E-state index contributed by atoms with van der Waals surface area (Å²) in [4.78, 5) is 23.1. The zero-order chi connectivity index (χ0) is 14.0. The molecule has 4 N–H and O–H groups in total. The van der Waals surface area contributed by atoms with E-state index in [1.165, 1.54) is 0 Å². The van der Waals surface area contributed by atoms with E-state index in [9.17, 15) is 9.59 Å². The summed E-state index contributed by atoms with van der Waals surface area (Å²) in [6, 6.07) is 4.79. The van der Waals surface area contributed by atoms with Crippen LogP contribution >= 0.6 is 0 Å². The molecule has 0 aliphatic heterocycles. The first-order valence-electron chi connectivity index (χ1n) is 6.39. The molecule has 1 saturated carbocycles. The molecular formula is C14H18N2O3. The van der Waals surface area contributed by atoms with Gasteiger partial charge in [0.15, 0.2) is 0 Å². The van der Waals surface area contributed by atoms with Crippen LogP contribution in [-0.4, -0.2) is 23.0 Å². The molecular weight excluding hydrogens is 244 g/mol. The zero-order valence-electron chi connectivity index (χ0n) is 10.8. The Morgan fingerprint density at radius 1 is 1.37 bits per heavy atom. The van der Waals surface area contributed by atoms with Gasteiger partial charge in [0.2, 0.25) is 0 Å². The normalized spacial score (nSPS) is 22.2. The van der Waals surface area contributed by atoms with Crippen LogP contribution in [0.15, 0.2) is 18.2 Å². The summed E-state index contributed by atoms with van der Waals surface area (Å²) in [7, 11) is 0. The molecule has 0 aromatic heterocycles. The lowest BCUT2D eigenvalue weighted by molar-refractivity contribution is -0.142. The number of amides is 1. The van der Waals surface area contributed by atoms with Crippen LogP contribution in [0.2, 0.25) is 0 Å². The number of carbonyl (C=O) groups excluding carboxylic acids is 1. The van der Waals surface area contributed by atoms with E-state index < -0.39 is 11.9 Å². The van der Waals surface area contributed by atoms with Crippen LogP contribution in [0.5, 0.6) is 0 Å². The highest BCUT2D eigenvalue weighted by Crippen LogP contribution is 2.26. The third kappa shape index (κ3) is 2.86. The highest BCUT2D eigenvalue weighted by atomic mass is 16.4. The molecule has 2 unspecified atom stereocenters. The lowest BCUT2D eigenvalue weighted by atomic mass is 10.0. The number of aliphatic carboxylic acids is 1. The number of carboxylic acid groups (broad SMARTS) is 1. The molecule has 0 saturated heterocycles. The maximum Gasteiger partial charge on any atom is 0.308 e. The lowest BCUT2D eigenvalue weighted by Crippen LogP contribution is -2.40. The summed E-state index contributed by atoms with van der Waals surface area (Å²) in [6.07, 6.45) is 2.18. The van der Waals surface area contributed by atoms with Crippen molar-refractivity contribution < 1.29 is 14.7 Å². The van der Waals surface area contributed by atoms with Crippen molar-refractivity contribution in [1.29, 1.82) is 0 Å². The van der Waals surface area contributed by atoms with E-state index in [0.29, 0.717) is 17.7 Å². The van der Waals surface area contributed by atoms with Crippen LogP contribution in [-0.2, 0) is 4.79 Å². The first-order valence-corrected chi connectivity index (χ1v) is 6.39. The third-order valence-corrected chi connectivity index (χ3v) is 3.68. The van der Waals surface area contributed by atoms with E-state index in [2.05, 4.69) is 5.32 Å². The van der Waals surface area contributed by atoms with Crippen LogP contribution in [0.1, 0.15) is 35.2 Å². The van der Waals surface area contributed by atoms with Crippen LogP contribution in [0, 0.1) is 12.8 Å². The minimum absolute atomic E-state index is 0.235. The molecule has 1 aliphatic rings. The van der Waals surface area contributed by atoms with Crippen molar-refractivity contribution in [3.63, 3.8) is 0 Å². The van der Waals surface area contributed by atoms with Crippen LogP contribution < -0.4 is 11.1 Å². The Morgan fingerprint density at radius 3 is 2.74 bits per heavy atom. The van der Waals surface area contributed by atoms with E-state index in [1.807, 2.05) is 6.92 Å². The number of aryl methyl sites for hydroxylation is 1. The minimum Gasteiger partial charge on any atom is -0.481 e. The van der Waals surface area contributed by atoms with Gasteiger partial charge in [-0.2, -0.15) is 0 Å². The highest BCUT2D eigenvalue weighted by molar-refractivity contribution is 5.95. The van der Waals surface area contributed by atoms with E-state index in [0.717, 1.165) is 18.4 Å². The summed E-state index contributed by atoms with van der Waals surface area (Å²) in [6.45, 7) is 1.84. The second kappa shape index (κ2) is 5.30. The topological polar surface area (TPSA) is 92.4 Å². The van der Waals surface area contributed by atoms with Gasteiger partial charge in [0.05, 0.1) is 5.92 Å². The number of anilines is 1. The van der Waals surface area contributed by atoms with Gasteiger partial charge in [0.25, 0.3) is 5.91 Å². The summed E-state index contributed by atoms with van der Waals surface area (Å²) < 4.78 is 0. The van der Waals surface area contributed by atoms with E-state index >= 15 is 0 Å². The van der Waals surface area contributed by atoms with Crippen molar-refractivity contribution in [3.05, 3.63) is 29.3 Å². The van der Waals surface area contributed by atoms with Crippen molar-refractivity contribution in [2.75, 3.05) is 5.73 Å². The Kier molecular flexibility index (Phi) is 3.74. The van der Waals surface area contributed by atoms with Crippen LogP contribution in [0.3, 0.4) is 0 Å². The van der Waals surface area contributed by atoms with Crippen molar-refractivity contribution in [1.82, 2.24) is 5.32 Å². The van der Waals surface area contributed by atoms with Gasteiger partial charge in [-0.1, -0.05) is 6.42 Å². The maximum atomic E-state index is 12.1. The SMILES string of the molecule is Cc1cc(C(=O)NC2CCCC2C(=O)O)ccc1N. The molecule has 0 spiro atoms. The van der Waals surface area contributed by atoms with Gasteiger partial charge in [-0.3, -0.25) is 9.59 Å². The van der Waals surface area contributed by atoms with Crippen molar-refractivity contribution >= 4 is 17.6 Å². The first-order chi connectivity index (χ1) is 8.99. The maximum absolute atomic E-state index is 12.1. The van der Waals surface area contributed by atoms with Gasteiger partial charge >= 0.3 is 5.97 Å². The van der Waals surface area contributed by atoms with E-state index in [4.69, 9.17) is 10.8 Å². The monoisotopic (exact) mass is 262 g/mol. The minimum atomic E-state index is -0.837. The summed E-state index contributed by atoms with van der Waals surface area (Å²) >= 11 is 0. The molecule has 2 rings (SSSR count). The largest absolute Gasteiger partial charge is 0.481 e. The number of nitrogens with one attached hydrogen (secondary N) is 1. The van der Waals surface area contributed by atoms with Crippen LogP contribution in [0.25, 0.3) is 0 Å². The summed E-state index contributed by atoms with van der Waals surface area (Å²) in [5.74, 6) is -1.55. The fourth-order valence-corrected chi connectivity index (χ4v) is 2.50. The number of hydrogen-bond acceptors (Lipinski definition) is 3. The predicted octanol–water partition coefficient (Wildman–Crippen LogP) is 1.56. The lowest BCUT2D eigenvalue weighted by Gasteiger charge is -2.17. The second-order valence-corrected chi connectivity index (χ2v) is 5.03. The molecule has 1 amide bonds. The Balaban J connectivity index is 2.08. The molecule has 5 heteroatoms. The fourth-order valence-electron chi connectivity index (χ4n) is 2.50. The van der Waals surface area contributed by atoms with E-state index in [-0.39, 0.29) is 11.9 Å². The summed E-state index contributed by atoms with van der Waals surface area (Å²) in [5.41, 5.74) is 7.70. The van der Waals surface area contributed by atoms with Crippen molar-refractivity contribution in [3.8, 4) is 0 Å². The number of hydrogen-bond donors (Lipinski definition) is 3. The third-order valence-electron chi connectivity index (χ3n) is 3.68. The van der Waals surface area contributed by atoms with Gasteiger partial charge in [-0.25, -0.2) is 0 Å². The van der Waals surface area contributed by atoms with E-state index in [1.54, 1.807) is 18.2 Å². The number of nitrogen functional groups attached to an aromatic ring is 1. The molecule has 1 fully saturated rings. The molecule has 0 heterocycles. The standard InChI is InChI=1S/C14H18N2O3/c1-8-7-9(5-6-11(8)15)13(17)16-12-4-2-3-10(12)14(18)19/h5-7,10,12H,2-4,15H2,1H3,(H,16,17)(H,18,19). The highest BCUT2D eigenvalue weighted by Gasteiger charge is 2.33. The number of benzene rings is 1. The molecule has 0 bridgehead atoms. The quantitative estimate of drug-likeness (QED) is 0.721. The molecule has 0 radical (unpaired) electrons. The van der Waals surface area contributed by atoms with Gasteiger partial charge in [0.1, 0.15) is 0 Å². The molecule has 1 aromatic carbocycles. The van der Waals surface area contributed by atoms with Gasteiger partial charge in [-0.05, 0) is 43.5 Å². The molecule has 19 heavy (non-hydrogen) atoms. The van der Waals surface area contributed by atoms with Gasteiger partial charge < -0.3 is 16.2 Å². The Bertz CT molecular complexity index is 513. The second-order valence-electron chi connectivity index (χ2n) is 5.03. The fraction of sp³-hybridized carbons (Fsp3) is 0.429. The molecule has 1 aliphatic carbocycles. The number of carboxylic acids is 1. The Labute approximate surface area is 111 Å². The number of rotatable bonds is 3. The van der Waals surface area contributed by atoms with Crippen molar-refractivity contribution in [2.24, 2.45) is 5.92 Å². The molecule has 5 nitrogen and oxygen atoms in total. The average Bonchev–Trinajstić information content (AvgIpc) is 2.80. The van der Waals surface area contributed by atoms with Gasteiger partial charge in [0, 0.05) is 17.3 Å². The zero-order valence-corrected chi connectivity index (χ0v) is 10.8. The van der Waals surface area contributed by atoms with Gasteiger partial charge in [-0.15, -0.1) is 0 Å².